The summed E-state index contributed by atoms with van der Waals surface area (Å²) in [6.07, 6.45) is 0.881. The van der Waals surface area contributed by atoms with Crippen molar-refractivity contribution < 1.29 is 14.6 Å². The van der Waals surface area contributed by atoms with Crippen LogP contribution < -0.4 is 15.2 Å². The molecule has 0 radical (unpaired) electrons. The molecular formula is C13H19NO3. The summed E-state index contributed by atoms with van der Waals surface area (Å²) in [4.78, 5) is 0. The summed E-state index contributed by atoms with van der Waals surface area (Å²) < 4.78 is 11.4. The molecule has 4 nitrogen and oxygen atoms in total. The highest BCUT2D eigenvalue weighted by atomic mass is 16.5. The Bertz CT molecular complexity index is 404. The summed E-state index contributed by atoms with van der Waals surface area (Å²) in [6, 6.07) is 5.50. The van der Waals surface area contributed by atoms with Gasteiger partial charge in [-0.05, 0) is 19.9 Å². The molecular weight excluding hydrogens is 218 g/mol. The Morgan fingerprint density at radius 2 is 2.29 bits per heavy atom. The van der Waals surface area contributed by atoms with Gasteiger partial charge in [-0.2, -0.15) is 0 Å². The number of fused-ring (bicyclic) bond motifs is 1. The second kappa shape index (κ2) is 4.55. The molecule has 1 aliphatic rings. The van der Waals surface area contributed by atoms with Crippen molar-refractivity contribution in [3.63, 3.8) is 0 Å². The summed E-state index contributed by atoms with van der Waals surface area (Å²) in [7, 11) is 0. The lowest BCUT2D eigenvalue weighted by Gasteiger charge is -2.18. The first-order valence-corrected chi connectivity index (χ1v) is 5.82. The van der Waals surface area contributed by atoms with Gasteiger partial charge in [0.05, 0.1) is 12.6 Å². The van der Waals surface area contributed by atoms with Gasteiger partial charge in [0.25, 0.3) is 0 Å². The van der Waals surface area contributed by atoms with E-state index in [0.717, 1.165) is 17.7 Å². The Kier molecular flexibility index (Phi) is 3.26. The average Bonchev–Trinajstić information content (AvgIpc) is 2.60. The Morgan fingerprint density at radius 1 is 1.53 bits per heavy atom. The van der Waals surface area contributed by atoms with Gasteiger partial charge in [0.15, 0.2) is 11.5 Å². The SMILES string of the molecule is CC1(C)Cc2cccc(OCC(N)CO)c2O1. The largest absolute Gasteiger partial charge is 0.488 e. The molecule has 3 N–H and O–H groups in total. The highest BCUT2D eigenvalue weighted by molar-refractivity contribution is 5.50. The minimum absolute atomic E-state index is 0.0820. The van der Waals surface area contributed by atoms with Gasteiger partial charge in [0, 0.05) is 12.0 Å². The third-order valence-electron chi connectivity index (χ3n) is 2.74. The van der Waals surface area contributed by atoms with Gasteiger partial charge >= 0.3 is 0 Å². The van der Waals surface area contributed by atoms with Gasteiger partial charge in [-0.1, -0.05) is 12.1 Å². The normalized spacial score (nSPS) is 18.4. The summed E-state index contributed by atoms with van der Waals surface area (Å²) in [5.74, 6) is 1.51. The monoisotopic (exact) mass is 237 g/mol. The van der Waals surface area contributed by atoms with Crippen molar-refractivity contribution in [1.29, 1.82) is 0 Å². The Morgan fingerprint density at radius 3 is 3.00 bits per heavy atom. The van der Waals surface area contributed by atoms with Gasteiger partial charge in [-0.3, -0.25) is 0 Å². The van der Waals surface area contributed by atoms with Crippen LogP contribution in [0, 0.1) is 0 Å². The van der Waals surface area contributed by atoms with Crippen molar-refractivity contribution in [2.45, 2.75) is 31.9 Å². The molecule has 94 valence electrons. The maximum Gasteiger partial charge on any atom is 0.165 e. The van der Waals surface area contributed by atoms with E-state index in [-0.39, 0.29) is 24.9 Å². The lowest BCUT2D eigenvalue weighted by Crippen LogP contribution is -2.31. The summed E-state index contributed by atoms with van der Waals surface area (Å²) in [5.41, 5.74) is 6.58. The molecule has 0 saturated heterocycles. The van der Waals surface area contributed by atoms with E-state index in [1.807, 2.05) is 18.2 Å². The van der Waals surface area contributed by atoms with Crippen molar-refractivity contribution in [3.05, 3.63) is 23.8 Å². The summed E-state index contributed by atoms with van der Waals surface area (Å²) in [5, 5.41) is 8.85. The molecule has 1 aromatic carbocycles. The van der Waals surface area contributed by atoms with Crippen LogP contribution in [-0.4, -0.2) is 30.0 Å². The van der Waals surface area contributed by atoms with E-state index in [2.05, 4.69) is 13.8 Å². The number of hydrogen-bond donors (Lipinski definition) is 2. The molecule has 0 amide bonds. The zero-order valence-corrected chi connectivity index (χ0v) is 10.3. The lowest BCUT2D eigenvalue weighted by molar-refractivity contribution is 0.130. The second-order valence-electron chi connectivity index (χ2n) is 5.04. The molecule has 4 heteroatoms. The molecule has 0 fully saturated rings. The average molecular weight is 237 g/mol. The van der Waals surface area contributed by atoms with Crippen LogP contribution in [-0.2, 0) is 6.42 Å². The minimum atomic E-state index is -0.361. The van der Waals surface area contributed by atoms with Gasteiger partial charge < -0.3 is 20.3 Å². The first kappa shape index (κ1) is 12.2. The van der Waals surface area contributed by atoms with E-state index in [0.29, 0.717) is 5.75 Å². The smallest absolute Gasteiger partial charge is 0.165 e. The topological polar surface area (TPSA) is 64.7 Å². The van der Waals surface area contributed by atoms with Crippen molar-refractivity contribution in [2.24, 2.45) is 5.73 Å². The second-order valence-corrected chi connectivity index (χ2v) is 5.04. The predicted molar refractivity (Wildman–Crippen MR) is 65.4 cm³/mol. The molecule has 0 aliphatic carbocycles. The maximum absolute atomic E-state index is 8.85. The number of aliphatic hydroxyl groups is 1. The fraction of sp³-hybridized carbons (Fsp3) is 0.538. The highest BCUT2D eigenvalue weighted by Crippen LogP contribution is 2.41. The molecule has 1 atom stereocenters. The van der Waals surface area contributed by atoms with Crippen LogP contribution in [0.2, 0.25) is 0 Å². The number of ether oxygens (including phenoxy) is 2. The first-order valence-electron chi connectivity index (χ1n) is 5.82. The van der Waals surface area contributed by atoms with Crippen LogP contribution in [0.4, 0.5) is 0 Å². The van der Waals surface area contributed by atoms with E-state index in [4.69, 9.17) is 20.3 Å². The maximum atomic E-state index is 8.85. The number of nitrogens with two attached hydrogens (primary N) is 1. The molecule has 0 bridgehead atoms. The molecule has 17 heavy (non-hydrogen) atoms. The van der Waals surface area contributed by atoms with E-state index < -0.39 is 0 Å². The number of aliphatic hydroxyl groups excluding tert-OH is 1. The summed E-state index contributed by atoms with van der Waals surface area (Å²) >= 11 is 0. The van der Waals surface area contributed by atoms with Gasteiger partial charge in [0.1, 0.15) is 12.2 Å². The third-order valence-corrected chi connectivity index (χ3v) is 2.74. The van der Waals surface area contributed by atoms with Crippen LogP contribution in [0.25, 0.3) is 0 Å². The summed E-state index contributed by atoms with van der Waals surface area (Å²) in [6.45, 7) is 4.31. The van der Waals surface area contributed by atoms with Crippen LogP contribution in [0.5, 0.6) is 11.5 Å². The predicted octanol–water partition coefficient (Wildman–Crippen LogP) is 1.10. The fourth-order valence-corrected chi connectivity index (χ4v) is 1.95. The van der Waals surface area contributed by atoms with Crippen LogP contribution in [0.15, 0.2) is 18.2 Å². The van der Waals surface area contributed by atoms with Crippen molar-refractivity contribution in [1.82, 2.24) is 0 Å². The zero-order valence-electron chi connectivity index (χ0n) is 10.3. The molecule has 1 aromatic rings. The lowest BCUT2D eigenvalue weighted by atomic mass is 10.0. The zero-order chi connectivity index (χ0) is 12.5. The van der Waals surface area contributed by atoms with Crippen LogP contribution >= 0.6 is 0 Å². The Labute approximate surface area is 101 Å². The number of hydrogen-bond acceptors (Lipinski definition) is 4. The minimum Gasteiger partial charge on any atom is -0.488 e. The molecule has 2 rings (SSSR count). The van der Waals surface area contributed by atoms with Crippen LogP contribution in [0.1, 0.15) is 19.4 Å². The Balaban J connectivity index is 2.13. The van der Waals surface area contributed by atoms with Crippen molar-refractivity contribution in [2.75, 3.05) is 13.2 Å². The van der Waals surface area contributed by atoms with Crippen molar-refractivity contribution >= 4 is 0 Å². The molecule has 1 heterocycles. The van der Waals surface area contributed by atoms with Gasteiger partial charge in [0.2, 0.25) is 0 Å². The highest BCUT2D eigenvalue weighted by Gasteiger charge is 2.32. The Hall–Kier alpha value is -1.26. The van der Waals surface area contributed by atoms with E-state index >= 15 is 0 Å². The number of para-hydroxylation sites is 1. The first-order chi connectivity index (χ1) is 8.02. The number of rotatable bonds is 4. The molecule has 0 saturated carbocycles. The van der Waals surface area contributed by atoms with E-state index in [9.17, 15) is 0 Å². The van der Waals surface area contributed by atoms with Gasteiger partial charge in [-0.25, -0.2) is 0 Å². The van der Waals surface area contributed by atoms with E-state index in [1.54, 1.807) is 0 Å². The van der Waals surface area contributed by atoms with Crippen LogP contribution in [0.3, 0.4) is 0 Å². The van der Waals surface area contributed by atoms with E-state index in [1.165, 1.54) is 0 Å². The van der Waals surface area contributed by atoms with Gasteiger partial charge in [-0.15, -0.1) is 0 Å². The molecule has 0 aromatic heterocycles. The third kappa shape index (κ3) is 2.70. The number of benzene rings is 1. The molecule has 1 aliphatic heterocycles. The quantitative estimate of drug-likeness (QED) is 0.823. The fourth-order valence-electron chi connectivity index (χ4n) is 1.95. The van der Waals surface area contributed by atoms with Crippen molar-refractivity contribution in [3.8, 4) is 11.5 Å². The molecule has 0 spiro atoms. The standard InChI is InChI=1S/C13H19NO3/c1-13(2)6-9-4-3-5-11(12(9)17-13)16-8-10(14)7-15/h3-5,10,15H,6-8,14H2,1-2H3. The molecule has 1 unspecified atom stereocenters.